The van der Waals surface area contributed by atoms with Gasteiger partial charge in [0.25, 0.3) is 0 Å². The summed E-state index contributed by atoms with van der Waals surface area (Å²) in [6.07, 6.45) is 3.21. The summed E-state index contributed by atoms with van der Waals surface area (Å²) in [6, 6.07) is 0. The zero-order chi connectivity index (χ0) is 15.0. The maximum atomic E-state index is 10.8. The van der Waals surface area contributed by atoms with Crippen LogP contribution in [0.2, 0.25) is 0 Å². The van der Waals surface area contributed by atoms with Crippen LogP contribution in [0.15, 0.2) is 21.9 Å². The van der Waals surface area contributed by atoms with Gasteiger partial charge in [-0.2, -0.15) is 5.10 Å². The Morgan fingerprint density at radius 3 is 3.05 bits per heavy atom. The highest BCUT2D eigenvalue weighted by Crippen LogP contribution is 2.34. The number of thiazole rings is 1. The van der Waals surface area contributed by atoms with Crippen LogP contribution in [0.1, 0.15) is 10.6 Å². The molecule has 0 aliphatic rings. The zero-order valence-corrected chi connectivity index (χ0v) is 12.9. The molecule has 3 rings (SSSR count). The molecule has 0 atom stereocenters. The van der Waals surface area contributed by atoms with Gasteiger partial charge in [0.05, 0.1) is 23.7 Å². The first kappa shape index (κ1) is 14.0. The van der Waals surface area contributed by atoms with Gasteiger partial charge in [-0.1, -0.05) is 0 Å². The molecule has 0 amide bonds. The van der Waals surface area contributed by atoms with Gasteiger partial charge < -0.3 is 5.11 Å². The SMILES string of the molecule is Cc1nc(Sc2ncnc3c2cnn3C)sc1CC(=O)O. The first-order valence-corrected chi connectivity index (χ1v) is 7.66. The Bertz CT molecular complexity index is 826. The third-order valence-corrected chi connectivity index (χ3v) is 5.10. The van der Waals surface area contributed by atoms with Crippen molar-refractivity contribution in [2.45, 2.75) is 22.7 Å². The molecule has 0 aromatic carbocycles. The monoisotopic (exact) mass is 321 g/mol. The van der Waals surface area contributed by atoms with Crippen molar-refractivity contribution in [1.29, 1.82) is 0 Å². The standard InChI is InChI=1S/C12H11N5O2S2/c1-6-8(3-9(18)19)20-12(16-6)21-11-7-4-15-17(2)10(7)13-5-14-11/h4-5H,3H2,1-2H3,(H,18,19). The number of hydrogen-bond donors (Lipinski definition) is 1. The lowest BCUT2D eigenvalue weighted by Gasteiger charge is -1.98. The molecule has 9 heteroatoms. The number of aromatic nitrogens is 5. The lowest BCUT2D eigenvalue weighted by Crippen LogP contribution is -1.99. The van der Waals surface area contributed by atoms with E-state index in [0.717, 1.165) is 31.0 Å². The van der Waals surface area contributed by atoms with Crippen molar-refractivity contribution in [1.82, 2.24) is 24.7 Å². The van der Waals surface area contributed by atoms with Gasteiger partial charge in [0, 0.05) is 11.9 Å². The molecular formula is C12H11N5O2S2. The number of hydrogen-bond acceptors (Lipinski definition) is 7. The Labute approximate surface area is 128 Å². The molecule has 7 nitrogen and oxygen atoms in total. The van der Waals surface area contributed by atoms with Crippen LogP contribution in [0, 0.1) is 6.92 Å². The molecule has 0 saturated carbocycles. The molecule has 0 fully saturated rings. The van der Waals surface area contributed by atoms with E-state index in [1.54, 1.807) is 10.9 Å². The van der Waals surface area contributed by atoms with Gasteiger partial charge in [-0.15, -0.1) is 11.3 Å². The maximum Gasteiger partial charge on any atom is 0.308 e. The second-order valence-corrected chi connectivity index (χ2v) is 6.66. The van der Waals surface area contributed by atoms with Crippen LogP contribution in [-0.2, 0) is 18.3 Å². The van der Waals surface area contributed by atoms with Crippen molar-refractivity contribution < 1.29 is 9.90 Å². The Balaban J connectivity index is 1.94. The second kappa shape index (κ2) is 5.41. The van der Waals surface area contributed by atoms with E-state index in [0.29, 0.717) is 0 Å². The predicted molar refractivity (Wildman–Crippen MR) is 78.6 cm³/mol. The first-order valence-electron chi connectivity index (χ1n) is 6.03. The van der Waals surface area contributed by atoms with Crippen LogP contribution in [-0.4, -0.2) is 35.8 Å². The van der Waals surface area contributed by atoms with Crippen molar-refractivity contribution in [3.63, 3.8) is 0 Å². The van der Waals surface area contributed by atoms with Crippen LogP contribution in [0.5, 0.6) is 0 Å². The lowest BCUT2D eigenvalue weighted by molar-refractivity contribution is -0.136. The molecule has 0 bridgehead atoms. The van der Waals surface area contributed by atoms with Crippen LogP contribution in [0.3, 0.4) is 0 Å². The van der Waals surface area contributed by atoms with E-state index in [2.05, 4.69) is 20.1 Å². The first-order chi connectivity index (χ1) is 10.0. The minimum atomic E-state index is -0.852. The van der Waals surface area contributed by atoms with Gasteiger partial charge in [0.15, 0.2) is 9.99 Å². The molecule has 1 N–H and O–H groups in total. The molecule has 0 radical (unpaired) electrons. The van der Waals surface area contributed by atoms with Crippen molar-refractivity contribution >= 4 is 40.1 Å². The van der Waals surface area contributed by atoms with Crippen LogP contribution < -0.4 is 0 Å². The molecular weight excluding hydrogens is 310 g/mol. The molecule has 0 aliphatic carbocycles. The fourth-order valence-electron chi connectivity index (χ4n) is 1.85. The Hall–Kier alpha value is -2.00. The second-order valence-electron chi connectivity index (χ2n) is 4.35. The largest absolute Gasteiger partial charge is 0.481 e. The van der Waals surface area contributed by atoms with Gasteiger partial charge in [-0.3, -0.25) is 9.48 Å². The van der Waals surface area contributed by atoms with Gasteiger partial charge in [0.2, 0.25) is 0 Å². The summed E-state index contributed by atoms with van der Waals surface area (Å²) in [5.41, 5.74) is 1.51. The summed E-state index contributed by atoms with van der Waals surface area (Å²) in [4.78, 5) is 24.4. The van der Waals surface area contributed by atoms with E-state index in [1.807, 2.05) is 14.0 Å². The molecule has 3 aromatic rings. The lowest BCUT2D eigenvalue weighted by atomic mass is 10.3. The van der Waals surface area contributed by atoms with Crippen LogP contribution >= 0.6 is 23.1 Å². The van der Waals surface area contributed by atoms with Crippen LogP contribution in [0.25, 0.3) is 11.0 Å². The zero-order valence-electron chi connectivity index (χ0n) is 11.3. The molecule has 0 unspecified atom stereocenters. The van der Waals surface area contributed by atoms with Crippen molar-refractivity contribution in [2.75, 3.05) is 0 Å². The van der Waals surface area contributed by atoms with Crippen LogP contribution in [0.4, 0.5) is 0 Å². The Kier molecular flexibility index (Phi) is 3.60. The summed E-state index contributed by atoms with van der Waals surface area (Å²) >= 11 is 2.78. The number of carboxylic acids is 1. The minimum absolute atomic E-state index is 0.00383. The number of rotatable bonds is 4. The van der Waals surface area contributed by atoms with Gasteiger partial charge in [0.1, 0.15) is 11.4 Å². The number of fused-ring (bicyclic) bond motifs is 1. The average Bonchev–Trinajstić information content (AvgIpc) is 2.95. The highest BCUT2D eigenvalue weighted by Gasteiger charge is 2.15. The molecule has 21 heavy (non-hydrogen) atoms. The van der Waals surface area contributed by atoms with Gasteiger partial charge in [-0.05, 0) is 18.7 Å². The number of aliphatic carboxylic acids is 1. The van der Waals surface area contributed by atoms with E-state index in [-0.39, 0.29) is 6.42 Å². The summed E-state index contributed by atoms with van der Waals surface area (Å²) < 4.78 is 2.46. The summed E-state index contributed by atoms with van der Waals surface area (Å²) in [6.45, 7) is 1.82. The molecule has 0 aliphatic heterocycles. The third-order valence-electron chi connectivity index (χ3n) is 2.86. The topological polar surface area (TPSA) is 93.8 Å². The number of aryl methyl sites for hydroxylation is 2. The molecule has 0 saturated heterocycles. The molecule has 3 heterocycles. The molecule has 108 valence electrons. The predicted octanol–water partition coefficient (Wildman–Crippen LogP) is 1.91. The summed E-state index contributed by atoms with van der Waals surface area (Å²) in [5, 5.41) is 14.7. The van der Waals surface area contributed by atoms with Crippen molar-refractivity contribution in [3.05, 3.63) is 23.1 Å². The smallest absolute Gasteiger partial charge is 0.308 e. The number of nitrogens with zero attached hydrogens (tertiary/aromatic N) is 5. The summed E-state index contributed by atoms with van der Waals surface area (Å²) in [5.74, 6) is -0.852. The van der Waals surface area contributed by atoms with Crippen molar-refractivity contribution in [3.8, 4) is 0 Å². The Morgan fingerprint density at radius 1 is 1.48 bits per heavy atom. The molecule has 0 spiro atoms. The van der Waals surface area contributed by atoms with E-state index >= 15 is 0 Å². The maximum absolute atomic E-state index is 10.8. The quantitative estimate of drug-likeness (QED) is 0.733. The summed E-state index contributed by atoms with van der Waals surface area (Å²) in [7, 11) is 1.82. The Morgan fingerprint density at radius 2 is 2.29 bits per heavy atom. The normalized spacial score (nSPS) is 11.1. The number of carboxylic acid groups (broad SMARTS) is 1. The van der Waals surface area contributed by atoms with E-state index in [1.165, 1.54) is 29.4 Å². The highest BCUT2D eigenvalue weighted by molar-refractivity contribution is 8.01. The highest BCUT2D eigenvalue weighted by atomic mass is 32.2. The van der Waals surface area contributed by atoms with E-state index < -0.39 is 5.97 Å². The van der Waals surface area contributed by atoms with Gasteiger partial charge in [-0.25, -0.2) is 15.0 Å². The molecule has 3 aromatic heterocycles. The number of carbonyl (C=O) groups is 1. The van der Waals surface area contributed by atoms with Crippen molar-refractivity contribution in [2.24, 2.45) is 7.05 Å². The van der Waals surface area contributed by atoms with Gasteiger partial charge >= 0.3 is 5.97 Å². The average molecular weight is 321 g/mol. The third kappa shape index (κ3) is 2.74. The van der Waals surface area contributed by atoms with E-state index in [4.69, 9.17) is 5.11 Å². The minimum Gasteiger partial charge on any atom is -0.481 e. The van der Waals surface area contributed by atoms with E-state index in [9.17, 15) is 4.79 Å². The fraction of sp³-hybridized carbons (Fsp3) is 0.250. The fourth-order valence-corrected chi connectivity index (χ4v) is 4.04.